The number of hydrogen-bond donors (Lipinski definition) is 1. The molecule has 2 heteroatoms. The maximum Gasteiger partial charge on any atom is 0.137 e. The highest BCUT2D eigenvalue weighted by atomic mass is 16.3. The Balaban J connectivity index is 2.44. The maximum absolute atomic E-state index is 9.71. The number of fused-ring (bicyclic) bond motifs is 1. The second-order valence-corrected chi connectivity index (χ2v) is 4.70. The summed E-state index contributed by atoms with van der Waals surface area (Å²) >= 11 is 0. The van der Waals surface area contributed by atoms with Gasteiger partial charge in [0.1, 0.15) is 11.3 Å². The SMILES string of the molecule is Cc1cccc2cc(CC(C)(C)O)oc12. The van der Waals surface area contributed by atoms with E-state index >= 15 is 0 Å². The minimum absolute atomic E-state index is 0.543. The van der Waals surface area contributed by atoms with Crippen LogP contribution in [0.25, 0.3) is 11.0 Å². The average Bonchev–Trinajstić information content (AvgIpc) is 2.45. The molecule has 0 unspecified atom stereocenters. The monoisotopic (exact) mass is 204 g/mol. The lowest BCUT2D eigenvalue weighted by atomic mass is 10.0. The van der Waals surface area contributed by atoms with E-state index in [1.807, 2.05) is 31.2 Å². The molecule has 0 amide bonds. The molecule has 1 aromatic carbocycles. The van der Waals surface area contributed by atoms with Crippen molar-refractivity contribution < 1.29 is 9.52 Å². The minimum Gasteiger partial charge on any atom is -0.461 e. The number of benzene rings is 1. The molecule has 0 spiro atoms. The van der Waals surface area contributed by atoms with E-state index in [0.29, 0.717) is 6.42 Å². The van der Waals surface area contributed by atoms with E-state index in [1.165, 1.54) is 0 Å². The van der Waals surface area contributed by atoms with Crippen LogP contribution in [0.2, 0.25) is 0 Å². The number of aryl methyl sites for hydroxylation is 1. The molecule has 0 saturated carbocycles. The van der Waals surface area contributed by atoms with Crippen LogP contribution in [-0.2, 0) is 6.42 Å². The predicted octanol–water partition coefficient (Wildman–Crippen LogP) is 3.05. The van der Waals surface area contributed by atoms with E-state index in [0.717, 1.165) is 22.3 Å². The minimum atomic E-state index is -0.720. The molecule has 0 atom stereocenters. The molecule has 2 nitrogen and oxygen atoms in total. The zero-order valence-corrected chi connectivity index (χ0v) is 9.37. The van der Waals surface area contributed by atoms with E-state index in [4.69, 9.17) is 4.42 Å². The van der Waals surface area contributed by atoms with E-state index in [2.05, 4.69) is 0 Å². The molecule has 0 radical (unpaired) electrons. The van der Waals surface area contributed by atoms with Crippen molar-refractivity contribution in [1.82, 2.24) is 0 Å². The van der Waals surface area contributed by atoms with Crippen molar-refractivity contribution in [1.29, 1.82) is 0 Å². The number of rotatable bonds is 2. The van der Waals surface area contributed by atoms with Gasteiger partial charge in [0.05, 0.1) is 5.60 Å². The van der Waals surface area contributed by atoms with Crippen LogP contribution in [0.3, 0.4) is 0 Å². The topological polar surface area (TPSA) is 33.4 Å². The number of para-hydroxylation sites is 1. The van der Waals surface area contributed by atoms with Gasteiger partial charge in [0.15, 0.2) is 0 Å². The summed E-state index contributed by atoms with van der Waals surface area (Å²) < 4.78 is 5.71. The lowest BCUT2D eigenvalue weighted by Gasteiger charge is -2.14. The molecule has 2 aromatic rings. The van der Waals surface area contributed by atoms with Crippen LogP contribution in [0.15, 0.2) is 28.7 Å². The first-order chi connectivity index (χ1) is 6.96. The molecule has 1 heterocycles. The van der Waals surface area contributed by atoms with Crippen molar-refractivity contribution in [2.24, 2.45) is 0 Å². The first-order valence-corrected chi connectivity index (χ1v) is 5.16. The largest absolute Gasteiger partial charge is 0.461 e. The fraction of sp³-hybridized carbons (Fsp3) is 0.385. The highest BCUT2D eigenvalue weighted by Gasteiger charge is 2.16. The summed E-state index contributed by atoms with van der Waals surface area (Å²) in [6.07, 6.45) is 0.543. The molecular weight excluding hydrogens is 188 g/mol. The van der Waals surface area contributed by atoms with Crippen LogP contribution in [0.5, 0.6) is 0 Å². The van der Waals surface area contributed by atoms with Gasteiger partial charge in [-0.25, -0.2) is 0 Å². The van der Waals surface area contributed by atoms with Crippen molar-refractivity contribution in [2.45, 2.75) is 32.8 Å². The molecule has 80 valence electrons. The van der Waals surface area contributed by atoms with E-state index in [9.17, 15) is 5.11 Å². The first-order valence-electron chi connectivity index (χ1n) is 5.16. The van der Waals surface area contributed by atoms with Gasteiger partial charge in [-0.3, -0.25) is 0 Å². The Labute approximate surface area is 89.5 Å². The average molecular weight is 204 g/mol. The summed E-state index contributed by atoms with van der Waals surface area (Å²) in [4.78, 5) is 0. The lowest BCUT2D eigenvalue weighted by Crippen LogP contribution is -2.21. The third-order valence-electron chi connectivity index (χ3n) is 2.40. The molecular formula is C13H16O2. The third-order valence-corrected chi connectivity index (χ3v) is 2.40. The molecule has 2 rings (SSSR count). The molecule has 0 aliphatic rings. The highest BCUT2D eigenvalue weighted by molar-refractivity contribution is 5.80. The third kappa shape index (κ3) is 2.21. The van der Waals surface area contributed by atoms with Crippen molar-refractivity contribution in [3.8, 4) is 0 Å². The maximum atomic E-state index is 9.71. The highest BCUT2D eigenvalue weighted by Crippen LogP contribution is 2.24. The van der Waals surface area contributed by atoms with Crippen LogP contribution in [0.1, 0.15) is 25.2 Å². The Morgan fingerprint density at radius 3 is 2.67 bits per heavy atom. The van der Waals surface area contributed by atoms with E-state index in [-0.39, 0.29) is 0 Å². The van der Waals surface area contributed by atoms with Crippen LogP contribution in [0, 0.1) is 6.92 Å². The lowest BCUT2D eigenvalue weighted by molar-refractivity contribution is 0.0757. The smallest absolute Gasteiger partial charge is 0.137 e. The number of aliphatic hydroxyl groups is 1. The molecule has 1 aromatic heterocycles. The van der Waals surface area contributed by atoms with E-state index < -0.39 is 5.60 Å². The Kier molecular flexibility index (Phi) is 2.31. The second kappa shape index (κ2) is 3.38. The Morgan fingerprint density at radius 1 is 1.33 bits per heavy atom. The van der Waals surface area contributed by atoms with Crippen molar-refractivity contribution in [3.63, 3.8) is 0 Å². The van der Waals surface area contributed by atoms with Crippen LogP contribution in [-0.4, -0.2) is 10.7 Å². The van der Waals surface area contributed by atoms with E-state index in [1.54, 1.807) is 13.8 Å². The zero-order valence-electron chi connectivity index (χ0n) is 9.37. The zero-order chi connectivity index (χ0) is 11.1. The summed E-state index contributed by atoms with van der Waals surface area (Å²) in [6.45, 7) is 5.60. The van der Waals surface area contributed by atoms with Crippen molar-refractivity contribution >= 4 is 11.0 Å². The number of furan rings is 1. The summed E-state index contributed by atoms with van der Waals surface area (Å²) in [5.74, 6) is 0.840. The Bertz CT molecular complexity index is 475. The molecule has 0 fully saturated rings. The summed E-state index contributed by atoms with van der Waals surface area (Å²) in [5.41, 5.74) is 1.34. The van der Waals surface area contributed by atoms with Crippen LogP contribution in [0.4, 0.5) is 0 Å². The molecule has 0 saturated heterocycles. The molecule has 1 N–H and O–H groups in total. The summed E-state index contributed by atoms with van der Waals surface area (Å²) in [7, 11) is 0. The van der Waals surface area contributed by atoms with Gasteiger partial charge in [-0.15, -0.1) is 0 Å². The predicted molar refractivity (Wildman–Crippen MR) is 61.0 cm³/mol. The van der Waals surface area contributed by atoms with Gasteiger partial charge in [0.2, 0.25) is 0 Å². The van der Waals surface area contributed by atoms with Gasteiger partial charge in [0.25, 0.3) is 0 Å². The fourth-order valence-electron chi connectivity index (χ4n) is 1.78. The summed E-state index contributed by atoms with van der Waals surface area (Å²) in [5, 5.41) is 10.8. The Hall–Kier alpha value is -1.28. The molecule has 15 heavy (non-hydrogen) atoms. The quantitative estimate of drug-likeness (QED) is 0.815. The summed E-state index contributed by atoms with van der Waals surface area (Å²) in [6, 6.07) is 8.07. The van der Waals surface area contributed by atoms with Gasteiger partial charge in [-0.05, 0) is 32.4 Å². The fourth-order valence-corrected chi connectivity index (χ4v) is 1.78. The van der Waals surface area contributed by atoms with Crippen molar-refractivity contribution in [3.05, 3.63) is 35.6 Å². The van der Waals surface area contributed by atoms with Gasteiger partial charge in [0, 0.05) is 11.8 Å². The van der Waals surface area contributed by atoms with Gasteiger partial charge in [-0.1, -0.05) is 18.2 Å². The van der Waals surface area contributed by atoms with Crippen LogP contribution < -0.4 is 0 Å². The first kappa shape index (κ1) is 10.2. The second-order valence-electron chi connectivity index (χ2n) is 4.70. The Morgan fingerprint density at radius 2 is 2.07 bits per heavy atom. The normalized spacial score (nSPS) is 12.3. The van der Waals surface area contributed by atoms with Gasteiger partial charge >= 0.3 is 0 Å². The van der Waals surface area contributed by atoms with Crippen molar-refractivity contribution in [2.75, 3.05) is 0 Å². The van der Waals surface area contributed by atoms with Gasteiger partial charge in [-0.2, -0.15) is 0 Å². The standard InChI is InChI=1S/C13H16O2/c1-9-5-4-6-10-7-11(15-12(9)10)8-13(2,3)14/h4-7,14H,8H2,1-3H3. The molecule has 0 aliphatic carbocycles. The van der Waals surface area contributed by atoms with Gasteiger partial charge < -0.3 is 9.52 Å². The molecule has 0 aliphatic heterocycles. The molecule has 0 bridgehead atoms. The van der Waals surface area contributed by atoms with Crippen LogP contribution >= 0.6 is 0 Å². The number of hydrogen-bond acceptors (Lipinski definition) is 2.